The predicted octanol–water partition coefficient (Wildman–Crippen LogP) is 2.02. The van der Waals surface area contributed by atoms with Gasteiger partial charge in [0.1, 0.15) is 0 Å². The van der Waals surface area contributed by atoms with Crippen LogP contribution in [0.3, 0.4) is 0 Å². The van der Waals surface area contributed by atoms with Gasteiger partial charge in [0.25, 0.3) is 0 Å². The second kappa shape index (κ2) is 3.62. The lowest BCUT2D eigenvalue weighted by molar-refractivity contribution is -0.138. The highest BCUT2D eigenvalue weighted by molar-refractivity contribution is 5.85. The Balaban J connectivity index is 1.61. The fourth-order valence-corrected chi connectivity index (χ4v) is 3.96. The monoisotopic (exact) mass is 259 g/mol. The molecule has 4 heteroatoms. The maximum atomic E-state index is 12.6. The van der Waals surface area contributed by atoms with E-state index in [2.05, 4.69) is 22.0 Å². The molecule has 2 fully saturated rings. The summed E-state index contributed by atoms with van der Waals surface area (Å²) < 4.78 is 0. The largest absolute Gasteiger partial charge is 0.341 e. The zero-order chi connectivity index (χ0) is 13.1. The molecule has 2 heterocycles. The van der Waals surface area contributed by atoms with Crippen molar-refractivity contribution >= 4 is 5.91 Å². The van der Waals surface area contributed by atoms with E-state index < -0.39 is 0 Å². The molecule has 0 radical (unpaired) electrons. The summed E-state index contributed by atoms with van der Waals surface area (Å²) in [6.45, 7) is 3.96. The van der Waals surface area contributed by atoms with Gasteiger partial charge in [-0.1, -0.05) is 6.92 Å². The minimum absolute atomic E-state index is 0.0338. The fourth-order valence-electron chi connectivity index (χ4n) is 3.96. The zero-order valence-corrected chi connectivity index (χ0v) is 11.5. The van der Waals surface area contributed by atoms with Crippen molar-refractivity contribution < 1.29 is 4.79 Å². The molecule has 4 rings (SSSR count). The SMILES string of the molecule is CC1(C(=O)N2CCCC3(CCc4cn[nH]c43)C2)CC1. The quantitative estimate of drug-likeness (QED) is 0.838. The van der Waals surface area contributed by atoms with E-state index in [0.717, 1.165) is 38.8 Å². The highest BCUT2D eigenvalue weighted by atomic mass is 16.2. The van der Waals surface area contributed by atoms with E-state index in [0.29, 0.717) is 5.91 Å². The molecule has 1 saturated heterocycles. The molecule has 19 heavy (non-hydrogen) atoms. The van der Waals surface area contributed by atoms with Gasteiger partial charge in [0.05, 0.1) is 6.20 Å². The number of aromatic nitrogens is 2. The molecule has 1 saturated carbocycles. The van der Waals surface area contributed by atoms with Gasteiger partial charge >= 0.3 is 0 Å². The number of likely N-dealkylation sites (tertiary alicyclic amines) is 1. The molecule has 1 amide bonds. The zero-order valence-electron chi connectivity index (χ0n) is 11.5. The van der Waals surface area contributed by atoms with Crippen molar-refractivity contribution in [2.45, 2.75) is 50.9 Å². The van der Waals surface area contributed by atoms with Crippen LogP contribution in [-0.4, -0.2) is 34.1 Å². The Kier molecular flexibility index (Phi) is 2.19. The normalized spacial score (nSPS) is 31.5. The summed E-state index contributed by atoms with van der Waals surface area (Å²) in [5.41, 5.74) is 2.82. The minimum Gasteiger partial charge on any atom is -0.341 e. The minimum atomic E-state index is -0.0338. The first-order chi connectivity index (χ1) is 9.13. The van der Waals surface area contributed by atoms with E-state index >= 15 is 0 Å². The van der Waals surface area contributed by atoms with Gasteiger partial charge in [0.2, 0.25) is 5.91 Å². The van der Waals surface area contributed by atoms with Crippen molar-refractivity contribution in [3.63, 3.8) is 0 Å². The van der Waals surface area contributed by atoms with Crippen LogP contribution in [0, 0.1) is 5.41 Å². The number of nitrogens with one attached hydrogen (secondary N) is 1. The van der Waals surface area contributed by atoms with E-state index in [9.17, 15) is 4.79 Å². The van der Waals surface area contributed by atoms with Gasteiger partial charge in [-0.05, 0) is 44.1 Å². The second-order valence-corrected chi connectivity index (χ2v) is 6.94. The van der Waals surface area contributed by atoms with Crippen molar-refractivity contribution in [1.29, 1.82) is 0 Å². The van der Waals surface area contributed by atoms with E-state index in [1.165, 1.54) is 24.1 Å². The second-order valence-electron chi connectivity index (χ2n) is 6.94. The summed E-state index contributed by atoms with van der Waals surface area (Å²) in [5, 5.41) is 7.40. The fraction of sp³-hybridized carbons (Fsp3) is 0.733. The molecule has 1 atom stereocenters. The van der Waals surface area contributed by atoms with Gasteiger partial charge in [0.15, 0.2) is 0 Å². The van der Waals surface area contributed by atoms with Crippen LogP contribution in [0.1, 0.15) is 50.3 Å². The van der Waals surface area contributed by atoms with Crippen molar-refractivity contribution in [3.8, 4) is 0 Å². The summed E-state index contributed by atoms with van der Waals surface area (Å²) in [6.07, 6.45) is 8.73. The molecule has 1 aliphatic heterocycles. The highest BCUT2D eigenvalue weighted by Crippen LogP contribution is 2.49. The van der Waals surface area contributed by atoms with Gasteiger partial charge in [-0.3, -0.25) is 9.89 Å². The summed E-state index contributed by atoms with van der Waals surface area (Å²) in [5.74, 6) is 0.388. The number of nitrogens with zero attached hydrogens (tertiary/aromatic N) is 2. The number of hydrogen-bond donors (Lipinski definition) is 1. The molecule has 1 N–H and O–H groups in total. The van der Waals surface area contributed by atoms with E-state index in [4.69, 9.17) is 0 Å². The molecule has 1 spiro atoms. The number of rotatable bonds is 1. The predicted molar refractivity (Wildman–Crippen MR) is 71.7 cm³/mol. The van der Waals surface area contributed by atoms with Gasteiger partial charge in [0, 0.05) is 29.6 Å². The number of aryl methyl sites for hydroxylation is 1. The van der Waals surface area contributed by atoms with Crippen molar-refractivity contribution in [2.24, 2.45) is 5.41 Å². The molecule has 2 aliphatic carbocycles. The smallest absolute Gasteiger partial charge is 0.228 e. The number of fused-ring (bicyclic) bond motifs is 2. The Labute approximate surface area is 113 Å². The number of piperidine rings is 1. The third kappa shape index (κ3) is 1.58. The van der Waals surface area contributed by atoms with Crippen LogP contribution >= 0.6 is 0 Å². The maximum Gasteiger partial charge on any atom is 0.228 e. The summed E-state index contributed by atoms with van der Waals surface area (Å²) in [7, 11) is 0. The number of aromatic amines is 1. The van der Waals surface area contributed by atoms with Crippen molar-refractivity contribution in [3.05, 3.63) is 17.5 Å². The van der Waals surface area contributed by atoms with Crippen molar-refractivity contribution in [1.82, 2.24) is 15.1 Å². The Morgan fingerprint density at radius 1 is 1.37 bits per heavy atom. The van der Waals surface area contributed by atoms with Crippen molar-refractivity contribution in [2.75, 3.05) is 13.1 Å². The van der Waals surface area contributed by atoms with Crippen LogP contribution in [0.4, 0.5) is 0 Å². The third-order valence-corrected chi connectivity index (χ3v) is 5.50. The number of amides is 1. The Morgan fingerprint density at radius 2 is 2.21 bits per heavy atom. The summed E-state index contributed by atoms with van der Waals surface area (Å²) in [6, 6.07) is 0. The van der Waals surface area contributed by atoms with E-state index in [-0.39, 0.29) is 10.8 Å². The average Bonchev–Trinajstić information content (AvgIpc) is 2.89. The first kappa shape index (κ1) is 11.5. The van der Waals surface area contributed by atoms with E-state index in [1.54, 1.807) is 0 Å². The maximum absolute atomic E-state index is 12.6. The van der Waals surface area contributed by atoms with E-state index in [1.807, 2.05) is 6.20 Å². The first-order valence-electron chi connectivity index (χ1n) is 7.45. The highest BCUT2D eigenvalue weighted by Gasteiger charge is 2.51. The molecule has 102 valence electrons. The van der Waals surface area contributed by atoms with Crippen LogP contribution in [0.15, 0.2) is 6.20 Å². The lowest BCUT2D eigenvalue weighted by atomic mass is 9.77. The van der Waals surface area contributed by atoms with Crippen LogP contribution < -0.4 is 0 Å². The lowest BCUT2D eigenvalue weighted by Gasteiger charge is -2.41. The summed E-state index contributed by atoms with van der Waals surface area (Å²) in [4.78, 5) is 14.7. The molecule has 0 bridgehead atoms. The average molecular weight is 259 g/mol. The lowest BCUT2D eigenvalue weighted by Crippen LogP contribution is -2.49. The molecule has 0 aromatic carbocycles. The molecule has 4 nitrogen and oxygen atoms in total. The van der Waals surface area contributed by atoms with Gasteiger partial charge in [-0.25, -0.2) is 0 Å². The van der Waals surface area contributed by atoms with Gasteiger partial charge < -0.3 is 4.90 Å². The molecule has 3 aliphatic rings. The summed E-state index contributed by atoms with van der Waals surface area (Å²) >= 11 is 0. The van der Waals surface area contributed by atoms with Gasteiger partial charge in [-0.2, -0.15) is 5.10 Å². The Hall–Kier alpha value is -1.32. The number of hydrogen-bond acceptors (Lipinski definition) is 2. The first-order valence-corrected chi connectivity index (χ1v) is 7.45. The Morgan fingerprint density at radius 3 is 3.00 bits per heavy atom. The van der Waals surface area contributed by atoms with Gasteiger partial charge in [-0.15, -0.1) is 0 Å². The number of carbonyl (C=O) groups excluding carboxylic acids is 1. The molecule has 1 aromatic heterocycles. The number of carbonyl (C=O) groups is 1. The van der Waals surface area contributed by atoms with Crippen LogP contribution in [0.25, 0.3) is 0 Å². The molecule has 1 aromatic rings. The van der Waals surface area contributed by atoms with Crippen LogP contribution in [0.2, 0.25) is 0 Å². The molecule has 1 unspecified atom stereocenters. The molecular formula is C15H21N3O. The molecular weight excluding hydrogens is 238 g/mol. The Bertz CT molecular complexity index is 531. The standard InChI is InChI=1S/C15H21N3O/c1-14(6-7-14)13(19)18-8-2-4-15(10-18)5-3-11-9-16-17-12(11)15/h9H,2-8,10H2,1H3,(H,16,17). The van der Waals surface area contributed by atoms with Crippen LogP contribution in [0.5, 0.6) is 0 Å². The number of H-pyrrole nitrogens is 1. The third-order valence-electron chi connectivity index (χ3n) is 5.50. The van der Waals surface area contributed by atoms with Crippen LogP contribution in [-0.2, 0) is 16.6 Å². The topological polar surface area (TPSA) is 49.0 Å².